The van der Waals surface area contributed by atoms with E-state index in [2.05, 4.69) is 11.9 Å². The van der Waals surface area contributed by atoms with Crippen molar-refractivity contribution in [1.29, 1.82) is 0 Å². The van der Waals surface area contributed by atoms with Crippen LogP contribution in [0.25, 0.3) is 0 Å². The van der Waals surface area contributed by atoms with E-state index in [1.807, 2.05) is 0 Å². The molecule has 3 nitrogen and oxygen atoms in total. The van der Waals surface area contributed by atoms with Gasteiger partial charge in [-0.05, 0) is 25.3 Å². The molecule has 0 aromatic heterocycles. The first kappa shape index (κ1) is 9.96. The Morgan fingerprint density at radius 2 is 2.23 bits per heavy atom. The van der Waals surface area contributed by atoms with Crippen LogP contribution in [0, 0.1) is 5.92 Å². The van der Waals surface area contributed by atoms with E-state index in [1.54, 1.807) is 6.92 Å². The molecule has 0 aromatic carbocycles. The molecule has 0 bridgehead atoms. The number of nitrogens with one attached hydrogen (secondary N) is 1. The van der Waals surface area contributed by atoms with Gasteiger partial charge < -0.3 is 5.32 Å². The summed E-state index contributed by atoms with van der Waals surface area (Å²) in [7, 11) is 0. The molecule has 0 aliphatic carbocycles. The molecule has 1 fully saturated rings. The van der Waals surface area contributed by atoms with E-state index in [-0.39, 0.29) is 11.7 Å². The summed E-state index contributed by atoms with van der Waals surface area (Å²) in [6.45, 7) is 5.91. The third-order valence-electron chi connectivity index (χ3n) is 2.27. The number of carbonyl (C=O) groups is 2. The third-order valence-corrected chi connectivity index (χ3v) is 2.27. The number of ketones is 1. The van der Waals surface area contributed by atoms with E-state index < -0.39 is 5.92 Å². The maximum atomic E-state index is 11.5. The van der Waals surface area contributed by atoms with Crippen LogP contribution < -0.4 is 5.32 Å². The molecule has 1 heterocycles. The lowest BCUT2D eigenvalue weighted by molar-refractivity contribution is -0.131. The van der Waals surface area contributed by atoms with Gasteiger partial charge in [0, 0.05) is 6.54 Å². The third kappa shape index (κ3) is 2.41. The molecular formula is C10H15NO2. The largest absolute Gasteiger partial charge is 0.355 e. The fourth-order valence-electron chi connectivity index (χ4n) is 1.49. The second kappa shape index (κ2) is 4.21. The molecule has 1 amide bonds. The van der Waals surface area contributed by atoms with Gasteiger partial charge in [-0.1, -0.05) is 13.0 Å². The molecule has 0 radical (unpaired) electrons. The van der Waals surface area contributed by atoms with Crippen LogP contribution in [0.2, 0.25) is 0 Å². The Morgan fingerprint density at radius 3 is 2.85 bits per heavy atom. The lowest BCUT2D eigenvalue weighted by Gasteiger charge is -2.10. The molecule has 13 heavy (non-hydrogen) atoms. The maximum Gasteiger partial charge on any atom is 0.230 e. The first-order chi connectivity index (χ1) is 6.13. The van der Waals surface area contributed by atoms with E-state index in [4.69, 9.17) is 0 Å². The lowest BCUT2D eigenvalue weighted by Crippen LogP contribution is -2.33. The average Bonchev–Trinajstić information content (AvgIpc) is 2.28. The zero-order chi connectivity index (χ0) is 9.84. The smallest absolute Gasteiger partial charge is 0.230 e. The highest BCUT2D eigenvalue weighted by Gasteiger charge is 2.27. The van der Waals surface area contributed by atoms with Crippen LogP contribution in [0.3, 0.4) is 0 Å². The second-order valence-corrected chi connectivity index (χ2v) is 3.48. The summed E-state index contributed by atoms with van der Waals surface area (Å²) >= 11 is 0. The number of carbonyl (C=O) groups excluding carboxylic acids is 2. The fraction of sp³-hybridized carbons (Fsp3) is 0.600. The number of allylic oxidation sites excluding steroid dienone is 1. The quantitative estimate of drug-likeness (QED) is 0.511. The Bertz CT molecular complexity index is 245. The van der Waals surface area contributed by atoms with Crippen molar-refractivity contribution in [3.63, 3.8) is 0 Å². The fourth-order valence-corrected chi connectivity index (χ4v) is 1.49. The van der Waals surface area contributed by atoms with Gasteiger partial charge in [-0.15, -0.1) is 0 Å². The summed E-state index contributed by atoms with van der Waals surface area (Å²) in [5.41, 5.74) is 0.474. The first-order valence-corrected chi connectivity index (χ1v) is 4.60. The normalized spacial score (nSPS) is 23.2. The van der Waals surface area contributed by atoms with Gasteiger partial charge in [-0.3, -0.25) is 9.59 Å². The van der Waals surface area contributed by atoms with E-state index in [9.17, 15) is 9.59 Å². The molecular weight excluding hydrogens is 166 g/mol. The molecule has 1 aliphatic rings. The summed E-state index contributed by atoms with van der Waals surface area (Å²) in [6.07, 6.45) is 2.56. The monoisotopic (exact) mass is 181 g/mol. The maximum absolute atomic E-state index is 11.5. The Balaban J connectivity index is 2.70. The predicted octanol–water partition coefficient (Wildman–Crippen LogP) is 1.05. The Morgan fingerprint density at radius 1 is 1.54 bits per heavy atom. The van der Waals surface area contributed by atoms with Crippen LogP contribution in [-0.4, -0.2) is 18.2 Å². The summed E-state index contributed by atoms with van der Waals surface area (Å²) < 4.78 is 0. The molecule has 0 spiro atoms. The molecule has 1 aliphatic heterocycles. The molecule has 1 atom stereocenters. The number of rotatable bonds is 2. The van der Waals surface area contributed by atoms with Crippen LogP contribution in [0.15, 0.2) is 12.2 Å². The van der Waals surface area contributed by atoms with Crippen LogP contribution in [-0.2, 0) is 9.59 Å². The van der Waals surface area contributed by atoms with E-state index in [0.717, 1.165) is 12.8 Å². The highest BCUT2D eigenvalue weighted by molar-refractivity contribution is 6.09. The van der Waals surface area contributed by atoms with Gasteiger partial charge in [0.2, 0.25) is 5.91 Å². The van der Waals surface area contributed by atoms with Crippen LogP contribution in [0.4, 0.5) is 0 Å². The van der Waals surface area contributed by atoms with Crippen molar-refractivity contribution >= 4 is 11.7 Å². The van der Waals surface area contributed by atoms with Gasteiger partial charge in [-0.25, -0.2) is 0 Å². The van der Waals surface area contributed by atoms with Gasteiger partial charge in [0.1, 0.15) is 5.92 Å². The van der Waals surface area contributed by atoms with Crippen molar-refractivity contribution in [3.8, 4) is 0 Å². The van der Waals surface area contributed by atoms with Gasteiger partial charge >= 0.3 is 0 Å². The zero-order valence-electron chi connectivity index (χ0n) is 7.93. The van der Waals surface area contributed by atoms with Gasteiger partial charge in [-0.2, -0.15) is 0 Å². The van der Waals surface area contributed by atoms with Gasteiger partial charge in [0.05, 0.1) is 0 Å². The highest BCUT2D eigenvalue weighted by Crippen LogP contribution is 2.16. The van der Waals surface area contributed by atoms with Crippen molar-refractivity contribution in [2.75, 3.05) is 6.54 Å². The zero-order valence-corrected chi connectivity index (χ0v) is 7.93. The molecule has 0 saturated carbocycles. The predicted molar refractivity (Wildman–Crippen MR) is 50.2 cm³/mol. The lowest BCUT2D eigenvalue weighted by atomic mass is 9.94. The van der Waals surface area contributed by atoms with Crippen LogP contribution in [0.5, 0.6) is 0 Å². The minimum Gasteiger partial charge on any atom is -0.355 e. The van der Waals surface area contributed by atoms with E-state index in [0.29, 0.717) is 18.5 Å². The standard InChI is InChI=1S/C10H15NO2/c1-7(2)9(12)8-5-3-4-6-11-10(8)13/h8H,1,3-6H2,2H3,(H,11,13). The molecule has 3 heteroatoms. The topological polar surface area (TPSA) is 46.2 Å². The number of hydrogen-bond donors (Lipinski definition) is 1. The van der Waals surface area contributed by atoms with Crippen molar-refractivity contribution in [2.45, 2.75) is 26.2 Å². The molecule has 0 aromatic rings. The van der Waals surface area contributed by atoms with Crippen molar-refractivity contribution in [3.05, 3.63) is 12.2 Å². The summed E-state index contributed by atoms with van der Waals surface area (Å²) in [6, 6.07) is 0. The Labute approximate surface area is 78.2 Å². The van der Waals surface area contributed by atoms with Gasteiger partial charge in [0.25, 0.3) is 0 Å². The van der Waals surface area contributed by atoms with Crippen molar-refractivity contribution in [1.82, 2.24) is 5.32 Å². The average molecular weight is 181 g/mol. The van der Waals surface area contributed by atoms with Crippen molar-refractivity contribution < 1.29 is 9.59 Å². The highest BCUT2D eigenvalue weighted by atomic mass is 16.2. The molecule has 1 N–H and O–H groups in total. The number of amides is 1. The number of Topliss-reactive ketones (excluding diaryl/α,β-unsaturated/α-hetero) is 1. The Kier molecular flexibility index (Phi) is 3.23. The van der Waals surface area contributed by atoms with E-state index >= 15 is 0 Å². The van der Waals surface area contributed by atoms with E-state index in [1.165, 1.54) is 0 Å². The number of hydrogen-bond acceptors (Lipinski definition) is 2. The molecule has 1 saturated heterocycles. The SMILES string of the molecule is C=C(C)C(=O)C1CCCCNC1=O. The molecule has 72 valence electrons. The van der Waals surface area contributed by atoms with Crippen LogP contribution in [0.1, 0.15) is 26.2 Å². The minimum absolute atomic E-state index is 0.112. The summed E-state index contributed by atoms with van der Waals surface area (Å²) in [5, 5.41) is 2.73. The molecule has 1 unspecified atom stereocenters. The van der Waals surface area contributed by atoms with Crippen molar-refractivity contribution in [2.24, 2.45) is 5.92 Å². The Hall–Kier alpha value is -1.12. The summed E-state index contributed by atoms with van der Waals surface area (Å²) in [4.78, 5) is 22.9. The molecule has 1 rings (SSSR count). The summed E-state index contributed by atoms with van der Waals surface area (Å²) in [5.74, 6) is -0.732. The second-order valence-electron chi connectivity index (χ2n) is 3.48. The first-order valence-electron chi connectivity index (χ1n) is 4.60. The van der Waals surface area contributed by atoms with Gasteiger partial charge in [0.15, 0.2) is 5.78 Å². The minimum atomic E-state index is -0.486. The van der Waals surface area contributed by atoms with Crippen LogP contribution >= 0.6 is 0 Å².